The molecule has 1 saturated carbocycles. The Morgan fingerprint density at radius 2 is 1.94 bits per heavy atom. The third-order valence-corrected chi connectivity index (χ3v) is 3.33. The Labute approximate surface area is 106 Å². The first kappa shape index (κ1) is 13.3. The zero-order valence-corrected chi connectivity index (χ0v) is 10.4. The van der Waals surface area contributed by atoms with Crippen LogP contribution >= 0.6 is 0 Å². The first-order valence-electron chi connectivity index (χ1n) is 6.51. The van der Waals surface area contributed by atoms with Crippen LogP contribution in [0.4, 0.5) is 0 Å². The fraction of sp³-hybridized carbons (Fsp3) is 0.833. The van der Waals surface area contributed by atoms with Gasteiger partial charge in [-0.15, -0.1) is 0 Å². The van der Waals surface area contributed by atoms with Gasteiger partial charge in [-0.2, -0.15) is 0 Å². The van der Waals surface area contributed by atoms with Gasteiger partial charge in [-0.25, -0.2) is 4.79 Å². The third kappa shape index (κ3) is 4.27. The van der Waals surface area contributed by atoms with Crippen molar-refractivity contribution in [2.45, 2.75) is 37.9 Å². The van der Waals surface area contributed by atoms with Crippen molar-refractivity contribution in [2.24, 2.45) is 5.92 Å². The van der Waals surface area contributed by atoms with Gasteiger partial charge >= 0.3 is 5.97 Å². The van der Waals surface area contributed by atoms with Crippen molar-refractivity contribution in [2.75, 3.05) is 19.6 Å². The molecule has 102 valence electrons. The largest absolute Gasteiger partial charge is 0.479 e. The van der Waals surface area contributed by atoms with Crippen molar-refractivity contribution in [3.05, 3.63) is 0 Å². The topological polar surface area (TPSA) is 87.7 Å². The predicted molar refractivity (Wildman–Crippen MR) is 64.1 cm³/mol. The monoisotopic (exact) mass is 256 g/mol. The highest BCUT2D eigenvalue weighted by atomic mass is 16.5. The zero-order valence-electron chi connectivity index (χ0n) is 10.4. The van der Waals surface area contributed by atoms with Crippen LogP contribution in [0.5, 0.6) is 0 Å². The van der Waals surface area contributed by atoms with E-state index >= 15 is 0 Å². The molecule has 2 atom stereocenters. The molecule has 1 heterocycles. The van der Waals surface area contributed by atoms with E-state index in [0.29, 0.717) is 25.9 Å². The van der Waals surface area contributed by atoms with E-state index in [1.807, 2.05) is 0 Å². The van der Waals surface area contributed by atoms with E-state index in [-0.39, 0.29) is 12.0 Å². The fourth-order valence-electron chi connectivity index (χ4n) is 2.04. The maximum Gasteiger partial charge on any atom is 0.332 e. The molecule has 1 aliphatic heterocycles. The fourth-order valence-corrected chi connectivity index (χ4v) is 2.04. The average Bonchev–Trinajstić information content (AvgIpc) is 3.02. The van der Waals surface area contributed by atoms with Crippen LogP contribution in [-0.2, 0) is 14.3 Å². The number of carbonyl (C=O) groups is 2. The molecule has 0 aromatic rings. The van der Waals surface area contributed by atoms with Crippen LogP contribution in [0.1, 0.15) is 25.7 Å². The lowest BCUT2D eigenvalue weighted by atomic mass is 10.2. The summed E-state index contributed by atoms with van der Waals surface area (Å²) in [5, 5.41) is 14.6. The molecule has 2 rings (SSSR count). The molecule has 2 fully saturated rings. The standard InChI is InChI=1S/C12H20N2O4/c15-11(7-13-5-8-1-2-8)14-6-9-3-4-10(18-9)12(16)17/h8-10,13H,1-7H2,(H,14,15)(H,16,17). The molecule has 0 bridgehead atoms. The van der Waals surface area contributed by atoms with Gasteiger partial charge < -0.3 is 20.5 Å². The molecule has 18 heavy (non-hydrogen) atoms. The summed E-state index contributed by atoms with van der Waals surface area (Å²) in [6.07, 6.45) is 2.86. The second-order valence-corrected chi connectivity index (χ2v) is 5.04. The van der Waals surface area contributed by atoms with E-state index < -0.39 is 12.1 Å². The number of amides is 1. The van der Waals surface area contributed by atoms with Gasteiger partial charge in [-0.1, -0.05) is 0 Å². The highest BCUT2D eigenvalue weighted by Crippen LogP contribution is 2.27. The Morgan fingerprint density at radius 1 is 1.17 bits per heavy atom. The molecule has 1 amide bonds. The van der Waals surface area contributed by atoms with E-state index in [2.05, 4.69) is 10.6 Å². The summed E-state index contributed by atoms with van der Waals surface area (Å²) in [6.45, 7) is 1.63. The molecular weight excluding hydrogens is 236 g/mol. The second-order valence-electron chi connectivity index (χ2n) is 5.04. The number of ether oxygens (including phenoxy) is 1. The van der Waals surface area contributed by atoms with Crippen LogP contribution in [0.25, 0.3) is 0 Å². The number of carboxylic acid groups (broad SMARTS) is 1. The van der Waals surface area contributed by atoms with Crippen LogP contribution in [-0.4, -0.2) is 48.8 Å². The summed E-state index contributed by atoms with van der Waals surface area (Å²) in [7, 11) is 0. The molecule has 0 radical (unpaired) electrons. The number of rotatable bonds is 7. The Balaban J connectivity index is 1.53. The smallest absolute Gasteiger partial charge is 0.332 e. The summed E-state index contributed by atoms with van der Waals surface area (Å²) in [5.74, 6) is -0.222. The van der Waals surface area contributed by atoms with Gasteiger partial charge in [0.2, 0.25) is 5.91 Å². The molecule has 1 saturated heterocycles. The normalized spacial score (nSPS) is 27.1. The lowest BCUT2D eigenvalue weighted by molar-refractivity contribution is -0.149. The molecule has 1 aliphatic carbocycles. The van der Waals surface area contributed by atoms with Crippen molar-refractivity contribution in [3.8, 4) is 0 Å². The minimum absolute atomic E-state index is 0.0574. The van der Waals surface area contributed by atoms with Crippen molar-refractivity contribution < 1.29 is 19.4 Å². The first-order chi connectivity index (χ1) is 8.65. The van der Waals surface area contributed by atoms with Crippen molar-refractivity contribution in [1.82, 2.24) is 10.6 Å². The second kappa shape index (κ2) is 6.15. The van der Waals surface area contributed by atoms with Crippen LogP contribution in [0.15, 0.2) is 0 Å². The maximum atomic E-state index is 11.5. The summed E-state index contributed by atoms with van der Waals surface area (Å²) in [5.41, 5.74) is 0. The van der Waals surface area contributed by atoms with E-state index in [0.717, 1.165) is 12.5 Å². The van der Waals surface area contributed by atoms with Crippen LogP contribution < -0.4 is 10.6 Å². The Bertz CT molecular complexity index is 317. The van der Waals surface area contributed by atoms with Crippen molar-refractivity contribution in [3.63, 3.8) is 0 Å². The maximum absolute atomic E-state index is 11.5. The van der Waals surface area contributed by atoms with Crippen molar-refractivity contribution >= 4 is 11.9 Å². The minimum atomic E-state index is -0.921. The van der Waals surface area contributed by atoms with Gasteiger partial charge in [0.05, 0.1) is 12.6 Å². The number of hydrogen-bond donors (Lipinski definition) is 3. The van der Waals surface area contributed by atoms with Gasteiger partial charge in [0, 0.05) is 6.54 Å². The van der Waals surface area contributed by atoms with Gasteiger partial charge in [0.15, 0.2) is 6.10 Å². The van der Waals surface area contributed by atoms with Crippen LogP contribution in [0.3, 0.4) is 0 Å². The molecule has 6 nitrogen and oxygen atoms in total. The molecule has 2 aliphatic rings. The quantitative estimate of drug-likeness (QED) is 0.584. The lowest BCUT2D eigenvalue weighted by Crippen LogP contribution is -2.39. The third-order valence-electron chi connectivity index (χ3n) is 3.33. The van der Waals surface area contributed by atoms with Crippen molar-refractivity contribution in [1.29, 1.82) is 0 Å². The first-order valence-corrected chi connectivity index (χ1v) is 6.51. The summed E-state index contributed by atoms with van der Waals surface area (Å²) < 4.78 is 5.29. The Kier molecular flexibility index (Phi) is 4.54. The van der Waals surface area contributed by atoms with E-state index in [1.54, 1.807) is 0 Å². The minimum Gasteiger partial charge on any atom is -0.479 e. The zero-order chi connectivity index (χ0) is 13.0. The van der Waals surface area contributed by atoms with Gasteiger partial charge in [-0.3, -0.25) is 4.79 Å². The van der Waals surface area contributed by atoms with E-state index in [1.165, 1.54) is 12.8 Å². The molecule has 0 spiro atoms. The SMILES string of the molecule is O=C(CNCC1CC1)NCC1CCC(C(=O)O)O1. The summed E-state index contributed by atoms with van der Waals surface area (Å²) >= 11 is 0. The Morgan fingerprint density at radius 3 is 2.56 bits per heavy atom. The summed E-state index contributed by atoms with van der Waals surface area (Å²) in [4.78, 5) is 22.1. The molecule has 0 aromatic heterocycles. The molecule has 6 heteroatoms. The Hall–Kier alpha value is -1.14. The van der Waals surface area contributed by atoms with Gasteiger partial charge in [-0.05, 0) is 38.1 Å². The molecular formula is C12H20N2O4. The predicted octanol–water partition coefficient (Wildman–Crippen LogP) is -0.266. The number of carbonyl (C=O) groups excluding carboxylic acids is 1. The number of carboxylic acids is 1. The lowest BCUT2D eigenvalue weighted by Gasteiger charge is -2.12. The number of nitrogens with one attached hydrogen (secondary N) is 2. The van der Waals surface area contributed by atoms with E-state index in [9.17, 15) is 9.59 Å². The van der Waals surface area contributed by atoms with Crippen LogP contribution in [0.2, 0.25) is 0 Å². The van der Waals surface area contributed by atoms with E-state index in [4.69, 9.17) is 9.84 Å². The van der Waals surface area contributed by atoms with Gasteiger partial charge in [0.1, 0.15) is 0 Å². The van der Waals surface area contributed by atoms with Crippen LogP contribution in [0, 0.1) is 5.92 Å². The molecule has 3 N–H and O–H groups in total. The summed E-state index contributed by atoms with van der Waals surface area (Å²) in [6, 6.07) is 0. The highest BCUT2D eigenvalue weighted by Gasteiger charge is 2.30. The molecule has 2 unspecified atom stereocenters. The number of aliphatic carboxylic acids is 1. The molecule has 0 aromatic carbocycles. The van der Waals surface area contributed by atoms with Gasteiger partial charge in [0.25, 0.3) is 0 Å². The highest BCUT2D eigenvalue weighted by molar-refractivity contribution is 5.78. The average molecular weight is 256 g/mol. The number of hydrogen-bond acceptors (Lipinski definition) is 4.